The van der Waals surface area contributed by atoms with Gasteiger partial charge in [-0.25, -0.2) is 8.42 Å². The third-order valence-electron chi connectivity index (χ3n) is 7.95. The number of hydrogen-bond acceptors (Lipinski definition) is 4. The highest BCUT2D eigenvalue weighted by atomic mass is 35.5. The summed E-state index contributed by atoms with van der Waals surface area (Å²) in [5.74, 6) is 1.24. The van der Waals surface area contributed by atoms with Gasteiger partial charge in [-0.3, -0.25) is 9.21 Å². The molecule has 0 amide bonds. The lowest BCUT2D eigenvalue weighted by Crippen LogP contribution is -2.51. The number of anilines is 1. The number of methoxy groups -OCH3 is 1. The summed E-state index contributed by atoms with van der Waals surface area (Å²) in [5.41, 5.74) is 2.09. The fraction of sp³-hybridized carbons (Fsp3) is 0.400. The molecule has 0 bridgehead atoms. The van der Waals surface area contributed by atoms with Crippen LogP contribution in [-0.4, -0.2) is 45.6 Å². The predicted octanol–water partition coefficient (Wildman–Crippen LogP) is 6.73. The summed E-state index contributed by atoms with van der Waals surface area (Å²) in [7, 11) is -2.16. The summed E-state index contributed by atoms with van der Waals surface area (Å²) in [4.78, 5) is 2.88. The number of piperidine rings is 1. The maximum atomic E-state index is 14.0. The van der Waals surface area contributed by atoms with E-state index in [2.05, 4.69) is 35.2 Å². The zero-order valence-electron chi connectivity index (χ0n) is 21.3. The van der Waals surface area contributed by atoms with E-state index >= 15 is 0 Å². The number of ether oxygens (including phenoxy) is 1. The smallest absolute Gasteiger partial charge is 0.264 e. The van der Waals surface area contributed by atoms with Gasteiger partial charge in [-0.1, -0.05) is 54.8 Å². The van der Waals surface area contributed by atoms with Crippen LogP contribution in [0.2, 0.25) is 5.02 Å². The number of halogens is 1. The zero-order chi connectivity index (χ0) is 25.8. The van der Waals surface area contributed by atoms with Gasteiger partial charge in [-0.15, -0.1) is 0 Å². The lowest BCUT2D eigenvalue weighted by Gasteiger charge is -2.45. The molecule has 3 aromatic carbocycles. The van der Waals surface area contributed by atoms with E-state index < -0.39 is 10.0 Å². The van der Waals surface area contributed by atoms with Crippen LogP contribution in [0.4, 0.5) is 5.69 Å². The molecule has 5 rings (SSSR count). The summed E-state index contributed by atoms with van der Waals surface area (Å²) < 4.78 is 34.9. The van der Waals surface area contributed by atoms with Crippen molar-refractivity contribution in [3.8, 4) is 5.75 Å². The van der Waals surface area contributed by atoms with Crippen LogP contribution in [0, 0.1) is 0 Å². The van der Waals surface area contributed by atoms with Crippen molar-refractivity contribution in [2.24, 2.45) is 0 Å². The standard InChI is InChI=1S/C30H35ClN2O3S/c1-36-27-15-13-25(14-16-27)33(37(34,35)28-17-11-24(31)12-18-28)26-19-21-32(22-20-26)30-10-6-5-9-29(30)23-7-3-2-4-8-23/h2-4,7-8,11-18,26,29-30H,5-6,9-10,19-22H2,1H3. The van der Waals surface area contributed by atoms with E-state index in [0.29, 0.717) is 28.4 Å². The third kappa shape index (κ3) is 5.66. The summed E-state index contributed by atoms with van der Waals surface area (Å²) in [6, 6.07) is 25.1. The molecule has 7 heteroatoms. The van der Waals surface area contributed by atoms with Crippen molar-refractivity contribution in [2.45, 2.75) is 61.4 Å². The first-order chi connectivity index (χ1) is 18.0. The Kier molecular flexibility index (Phi) is 8.08. The van der Waals surface area contributed by atoms with E-state index in [4.69, 9.17) is 16.3 Å². The first-order valence-corrected chi connectivity index (χ1v) is 15.0. The lowest BCUT2D eigenvalue weighted by atomic mass is 9.78. The molecule has 0 radical (unpaired) electrons. The SMILES string of the molecule is COc1ccc(N(C2CCN(C3CCCCC3c3ccccc3)CC2)S(=O)(=O)c2ccc(Cl)cc2)cc1. The van der Waals surface area contributed by atoms with Gasteiger partial charge in [0.25, 0.3) is 10.0 Å². The number of nitrogens with zero attached hydrogens (tertiary/aromatic N) is 2. The lowest BCUT2D eigenvalue weighted by molar-refractivity contribution is 0.107. The number of benzene rings is 3. The average molecular weight is 539 g/mol. The highest BCUT2D eigenvalue weighted by Crippen LogP contribution is 2.39. The van der Waals surface area contributed by atoms with Gasteiger partial charge < -0.3 is 4.74 Å². The van der Waals surface area contributed by atoms with Gasteiger partial charge in [0, 0.05) is 30.2 Å². The van der Waals surface area contributed by atoms with Crippen molar-refractivity contribution in [3.05, 3.63) is 89.4 Å². The maximum absolute atomic E-state index is 14.0. The molecular weight excluding hydrogens is 504 g/mol. The van der Waals surface area contributed by atoms with Crippen molar-refractivity contribution >= 4 is 27.3 Å². The Bertz CT molecular complexity index is 1260. The fourth-order valence-corrected chi connectivity index (χ4v) is 7.92. The van der Waals surface area contributed by atoms with Crippen LogP contribution >= 0.6 is 11.6 Å². The molecule has 1 heterocycles. The van der Waals surface area contributed by atoms with Gasteiger partial charge in [0.05, 0.1) is 17.7 Å². The Morgan fingerprint density at radius 1 is 0.838 bits per heavy atom. The van der Waals surface area contributed by atoms with Gasteiger partial charge in [0.1, 0.15) is 5.75 Å². The van der Waals surface area contributed by atoms with Gasteiger partial charge in [0.2, 0.25) is 0 Å². The summed E-state index contributed by atoms with van der Waals surface area (Å²) in [6.07, 6.45) is 6.54. The van der Waals surface area contributed by atoms with Gasteiger partial charge in [-0.2, -0.15) is 0 Å². The maximum Gasteiger partial charge on any atom is 0.264 e. The summed E-state index contributed by atoms with van der Waals surface area (Å²) in [6.45, 7) is 1.78. The zero-order valence-corrected chi connectivity index (χ0v) is 22.9. The minimum absolute atomic E-state index is 0.121. The molecule has 1 aliphatic heterocycles. The van der Waals surface area contributed by atoms with Crippen molar-refractivity contribution in [1.82, 2.24) is 4.90 Å². The Hall–Kier alpha value is -2.54. The van der Waals surface area contributed by atoms with Gasteiger partial charge >= 0.3 is 0 Å². The molecule has 196 valence electrons. The van der Waals surface area contributed by atoms with Crippen molar-refractivity contribution < 1.29 is 13.2 Å². The minimum Gasteiger partial charge on any atom is -0.497 e. The number of hydrogen-bond donors (Lipinski definition) is 0. The fourth-order valence-electron chi connectivity index (χ4n) is 6.08. The van der Waals surface area contributed by atoms with Crippen LogP contribution < -0.4 is 9.04 Å². The van der Waals surface area contributed by atoms with E-state index in [1.807, 2.05) is 24.3 Å². The van der Waals surface area contributed by atoms with Crippen LogP contribution in [0.25, 0.3) is 0 Å². The average Bonchev–Trinajstić information content (AvgIpc) is 2.94. The molecule has 3 aromatic rings. The molecule has 0 N–H and O–H groups in total. The van der Waals surface area contributed by atoms with Crippen molar-refractivity contribution in [2.75, 3.05) is 24.5 Å². The quantitative estimate of drug-likeness (QED) is 0.334. The normalized spacial score (nSPS) is 21.5. The van der Waals surface area contributed by atoms with Crippen LogP contribution in [0.5, 0.6) is 5.75 Å². The largest absolute Gasteiger partial charge is 0.497 e. The van der Waals surface area contributed by atoms with Gasteiger partial charge in [0.15, 0.2) is 0 Å². The van der Waals surface area contributed by atoms with Gasteiger partial charge in [-0.05, 0) is 85.7 Å². The molecule has 37 heavy (non-hydrogen) atoms. The third-order valence-corrected chi connectivity index (χ3v) is 10.1. The molecule has 1 aliphatic carbocycles. The van der Waals surface area contributed by atoms with Crippen molar-refractivity contribution in [3.63, 3.8) is 0 Å². The molecule has 0 spiro atoms. The molecule has 5 nitrogen and oxygen atoms in total. The highest BCUT2D eigenvalue weighted by molar-refractivity contribution is 7.92. The van der Waals surface area contributed by atoms with Crippen molar-refractivity contribution in [1.29, 1.82) is 0 Å². The summed E-state index contributed by atoms with van der Waals surface area (Å²) >= 11 is 6.06. The number of likely N-dealkylation sites (tertiary alicyclic amines) is 1. The minimum atomic E-state index is -3.77. The first-order valence-electron chi connectivity index (χ1n) is 13.2. The van der Waals surface area contributed by atoms with Crippen LogP contribution in [0.15, 0.2) is 83.8 Å². The molecule has 1 saturated carbocycles. The van der Waals surface area contributed by atoms with E-state index in [-0.39, 0.29) is 10.9 Å². The van der Waals surface area contributed by atoms with E-state index in [1.54, 1.807) is 35.7 Å². The molecule has 2 fully saturated rings. The van der Waals surface area contributed by atoms with E-state index in [0.717, 1.165) is 25.9 Å². The predicted molar refractivity (Wildman–Crippen MR) is 150 cm³/mol. The molecular formula is C30H35ClN2O3S. The van der Waals surface area contributed by atoms with E-state index in [1.165, 1.54) is 31.2 Å². The second-order valence-electron chi connectivity index (χ2n) is 10.1. The molecule has 0 aromatic heterocycles. The monoisotopic (exact) mass is 538 g/mol. The Balaban J connectivity index is 1.39. The molecule has 2 atom stereocenters. The highest BCUT2D eigenvalue weighted by Gasteiger charge is 2.38. The topological polar surface area (TPSA) is 49.9 Å². The Morgan fingerprint density at radius 2 is 1.49 bits per heavy atom. The van der Waals surface area contributed by atoms with E-state index in [9.17, 15) is 8.42 Å². The molecule has 2 aliphatic rings. The summed E-state index contributed by atoms with van der Waals surface area (Å²) in [5, 5.41) is 0.517. The second-order valence-corrected chi connectivity index (χ2v) is 12.3. The molecule has 1 saturated heterocycles. The first kappa shape index (κ1) is 26.1. The molecule has 2 unspecified atom stereocenters. The van der Waals surface area contributed by atoms with Crippen LogP contribution in [-0.2, 0) is 10.0 Å². The van der Waals surface area contributed by atoms with Crippen LogP contribution in [0.1, 0.15) is 50.0 Å². The Morgan fingerprint density at radius 3 is 2.14 bits per heavy atom. The number of sulfonamides is 1. The number of rotatable bonds is 7. The Labute approximate surface area is 226 Å². The van der Waals surface area contributed by atoms with Crippen LogP contribution in [0.3, 0.4) is 0 Å². The second kappa shape index (κ2) is 11.5.